The largest absolute Gasteiger partial charge is 0.390 e. The van der Waals surface area contributed by atoms with Crippen LogP contribution in [0.5, 0.6) is 0 Å². The van der Waals surface area contributed by atoms with Crippen LogP contribution in [0, 0.1) is 0 Å². The third kappa shape index (κ3) is 5.11. The Bertz CT molecular complexity index is 1550. The number of β-amino-alcohol motifs (C(OH)–C–C–N with tert-alkyl or cyclic N) is 1. The van der Waals surface area contributed by atoms with Crippen LogP contribution in [0.1, 0.15) is 30.1 Å². The van der Waals surface area contributed by atoms with Crippen LogP contribution in [-0.2, 0) is 19.5 Å². The maximum absolute atomic E-state index is 12.6. The molecule has 3 aromatic heterocycles. The zero-order chi connectivity index (χ0) is 27.1. The Morgan fingerprint density at radius 2 is 1.92 bits per heavy atom. The maximum Gasteiger partial charge on any atom is 0.327 e. The summed E-state index contributed by atoms with van der Waals surface area (Å²) in [6, 6.07) is 11.2. The van der Waals surface area contributed by atoms with Crippen LogP contribution in [-0.4, -0.2) is 77.5 Å². The van der Waals surface area contributed by atoms with Gasteiger partial charge in [-0.1, -0.05) is 28.1 Å². The Labute approximate surface area is 233 Å². The standard InChI is InChI=1S/C27H31BrN8O3/c28-18-5-3-17(4-6-18)24-21-16-34(26(29)38)13-9-23(21)35(32-24)15-20(37)14-33-11-7-19(8-12-33)36-25-22(31-27(36)39)2-1-10-30-25/h1-6,10,19-20,37H,7-9,11-16H2,(H2,29,38)(H,31,39). The van der Waals surface area contributed by atoms with Gasteiger partial charge < -0.3 is 25.6 Å². The zero-order valence-corrected chi connectivity index (χ0v) is 23.0. The van der Waals surface area contributed by atoms with E-state index in [1.54, 1.807) is 15.7 Å². The van der Waals surface area contributed by atoms with Crippen LogP contribution in [0.25, 0.3) is 22.4 Å². The number of hydrogen-bond acceptors (Lipinski definition) is 6. The summed E-state index contributed by atoms with van der Waals surface area (Å²) >= 11 is 3.48. The molecule has 2 aliphatic rings. The van der Waals surface area contributed by atoms with Gasteiger partial charge in [0.05, 0.1) is 30.4 Å². The van der Waals surface area contributed by atoms with Crippen LogP contribution < -0.4 is 11.4 Å². The summed E-state index contributed by atoms with van der Waals surface area (Å²) in [4.78, 5) is 35.6. The number of primary amides is 1. The lowest BCUT2D eigenvalue weighted by Gasteiger charge is -2.33. The number of fused-ring (bicyclic) bond motifs is 2. The molecule has 11 nitrogen and oxygen atoms in total. The molecule has 204 valence electrons. The topological polar surface area (TPSA) is 138 Å². The molecule has 2 aliphatic heterocycles. The van der Waals surface area contributed by atoms with Gasteiger partial charge in [-0.15, -0.1) is 0 Å². The van der Waals surface area contributed by atoms with Crippen molar-refractivity contribution in [2.45, 2.75) is 44.5 Å². The first kappa shape index (κ1) is 25.8. The van der Waals surface area contributed by atoms with E-state index < -0.39 is 12.1 Å². The fourth-order valence-electron chi connectivity index (χ4n) is 5.88. The van der Waals surface area contributed by atoms with Crippen molar-refractivity contribution in [3.63, 3.8) is 0 Å². The summed E-state index contributed by atoms with van der Waals surface area (Å²) in [6.45, 7) is 3.37. The number of rotatable bonds is 6. The highest BCUT2D eigenvalue weighted by molar-refractivity contribution is 9.10. The summed E-state index contributed by atoms with van der Waals surface area (Å²) in [6.07, 6.45) is 3.34. The molecule has 0 radical (unpaired) electrons. The molecule has 0 aliphatic carbocycles. The highest BCUT2D eigenvalue weighted by atomic mass is 79.9. The van der Waals surface area contributed by atoms with Gasteiger partial charge in [0.15, 0.2) is 5.65 Å². The van der Waals surface area contributed by atoms with E-state index in [-0.39, 0.29) is 11.7 Å². The predicted molar refractivity (Wildman–Crippen MR) is 150 cm³/mol. The first-order valence-electron chi connectivity index (χ1n) is 13.2. The SMILES string of the molecule is NC(=O)N1CCc2c(c(-c3ccc(Br)cc3)nn2CC(O)CN2CCC(n3c(=O)[nH]c4cccnc43)CC2)C1. The number of urea groups is 1. The molecular formula is C27H31BrN8O3. The molecule has 6 rings (SSSR count). The van der Waals surface area contributed by atoms with Gasteiger partial charge in [0, 0.05) is 66.1 Å². The highest BCUT2D eigenvalue weighted by Crippen LogP contribution is 2.31. The van der Waals surface area contributed by atoms with Crippen molar-refractivity contribution in [2.75, 3.05) is 26.2 Å². The molecule has 1 fully saturated rings. The fraction of sp³-hybridized carbons (Fsp3) is 0.407. The highest BCUT2D eigenvalue weighted by Gasteiger charge is 2.29. The minimum absolute atomic E-state index is 0.0781. The molecule has 4 aromatic rings. The van der Waals surface area contributed by atoms with Crippen molar-refractivity contribution in [3.05, 3.63) is 68.8 Å². The van der Waals surface area contributed by atoms with Crippen molar-refractivity contribution in [1.29, 1.82) is 0 Å². The number of imidazole rings is 1. The number of aromatic nitrogens is 5. The number of halogens is 1. The second kappa shape index (κ2) is 10.6. The number of aliphatic hydroxyl groups is 1. The van der Waals surface area contributed by atoms with Gasteiger partial charge in [-0.05, 0) is 37.1 Å². The summed E-state index contributed by atoms with van der Waals surface area (Å²) in [5, 5.41) is 16.0. The number of hydrogen-bond donors (Lipinski definition) is 3. The Kier molecular flexibility index (Phi) is 7.00. The van der Waals surface area contributed by atoms with Crippen LogP contribution in [0.3, 0.4) is 0 Å². The molecule has 1 aromatic carbocycles. The number of nitrogens with zero attached hydrogens (tertiary/aromatic N) is 6. The number of carbonyl (C=O) groups excluding carboxylic acids is 1. The monoisotopic (exact) mass is 594 g/mol. The summed E-state index contributed by atoms with van der Waals surface area (Å²) in [7, 11) is 0. The van der Waals surface area contributed by atoms with Gasteiger partial charge in [-0.2, -0.15) is 5.10 Å². The lowest BCUT2D eigenvalue weighted by Crippen LogP contribution is -2.42. The van der Waals surface area contributed by atoms with E-state index in [1.807, 2.05) is 41.1 Å². The average molecular weight is 596 g/mol. The smallest absolute Gasteiger partial charge is 0.327 e. The molecule has 4 N–H and O–H groups in total. The molecule has 0 spiro atoms. The molecule has 39 heavy (non-hydrogen) atoms. The van der Waals surface area contributed by atoms with Gasteiger partial charge in [0.2, 0.25) is 0 Å². The number of carbonyl (C=O) groups is 1. The number of aromatic amines is 1. The first-order chi connectivity index (χ1) is 18.9. The minimum atomic E-state index is -0.616. The average Bonchev–Trinajstić information content (AvgIpc) is 3.46. The van der Waals surface area contributed by atoms with Crippen molar-refractivity contribution in [2.24, 2.45) is 5.73 Å². The Morgan fingerprint density at radius 1 is 1.15 bits per heavy atom. The lowest BCUT2D eigenvalue weighted by atomic mass is 10.0. The number of amides is 2. The molecule has 5 heterocycles. The lowest BCUT2D eigenvalue weighted by molar-refractivity contribution is 0.0762. The third-order valence-corrected chi connectivity index (χ3v) is 8.34. The van der Waals surface area contributed by atoms with Crippen molar-refractivity contribution < 1.29 is 9.90 Å². The van der Waals surface area contributed by atoms with E-state index in [1.165, 1.54) is 0 Å². The number of likely N-dealkylation sites (tertiary alicyclic amines) is 1. The van der Waals surface area contributed by atoms with Crippen LogP contribution in [0.4, 0.5) is 4.79 Å². The number of H-pyrrole nitrogens is 1. The molecule has 0 saturated carbocycles. The first-order valence-corrected chi connectivity index (χ1v) is 14.0. The Morgan fingerprint density at radius 3 is 2.67 bits per heavy atom. The van der Waals surface area contributed by atoms with E-state index in [9.17, 15) is 14.7 Å². The molecular weight excluding hydrogens is 564 g/mol. The third-order valence-electron chi connectivity index (χ3n) is 7.81. The molecule has 0 bridgehead atoms. The van der Waals surface area contributed by atoms with Gasteiger partial charge >= 0.3 is 11.7 Å². The number of piperidine rings is 1. The van der Waals surface area contributed by atoms with Crippen LogP contribution in [0.15, 0.2) is 51.9 Å². The number of nitrogens with two attached hydrogens (primary N) is 1. The normalized spacial score (nSPS) is 17.4. The van der Waals surface area contributed by atoms with E-state index in [2.05, 4.69) is 30.8 Å². The second-order valence-corrected chi connectivity index (χ2v) is 11.2. The van der Waals surface area contributed by atoms with Crippen molar-refractivity contribution >= 4 is 33.1 Å². The van der Waals surface area contributed by atoms with Gasteiger partial charge in [-0.25, -0.2) is 14.6 Å². The fourth-order valence-corrected chi connectivity index (χ4v) is 6.15. The predicted octanol–water partition coefficient (Wildman–Crippen LogP) is 2.49. The number of nitrogens with one attached hydrogen (secondary N) is 1. The number of benzene rings is 1. The van der Waals surface area contributed by atoms with E-state index in [0.29, 0.717) is 38.2 Å². The summed E-state index contributed by atoms with van der Waals surface area (Å²) in [5.74, 6) is 0. The van der Waals surface area contributed by atoms with Gasteiger partial charge in [-0.3, -0.25) is 9.25 Å². The van der Waals surface area contributed by atoms with Gasteiger partial charge in [0.25, 0.3) is 0 Å². The van der Waals surface area contributed by atoms with Gasteiger partial charge in [0.1, 0.15) is 0 Å². The molecule has 2 amide bonds. The van der Waals surface area contributed by atoms with Crippen LogP contribution >= 0.6 is 15.9 Å². The zero-order valence-electron chi connectivity index (χ0n) is 21.5. The maximum atomic E-state index is 12.6. The number of pyridine rings is 1. The molecule has 1 unspecified atom stereocenters. The summed E-state index contributed by atoms with van der Waals surface area (Å²) < 4.78 is 4.65. The summed E-state index contributed by atoms with van der Waals surface area (Å²) in [5.41, 5.74) is 10.7. The second-order valence-electron chi connectivity index (χ2n) is 10.3. The van der Waals surface area contributed by atoms with Crippen molar-refractivity contribution in [3.8, 4) is 11.3 Å². The van der Waals surface area contributed by atoms with Crippen LogP contribution in [0.2, 0.25) is 0 Å². The van der Waals surface area contributed by atoms with Crippen molar-refractivity contribution in [1.82, 2.24) is 34.1 Å². The molecule has 1 atom stereocenters. The Balaban J connectivity index is 1.15. The van der Waals surface area contributed by atoms with E-state index in [0.717, 1.165) is 58.4 Å². The number of aliphatic hydroxyl groups excluding tert-OH is 1. The van der Waals surface area contributed by atoms with E-state index >= 15 is 0 Å². The minimum Gasteiger partial charge on any atom is -0.390 e. The molecule has 1 saturated heterocycles. The quantitative estimate of drug-likeness (QED) is 0.313. The van der Waals surface area contributed by atoms with E-state index in [4.69, 9.17) is 10.8 Å². The molecule has 12 heteroatoms. The Hall–Kier alpha value is -3.48.